The second-order valence-corrected chi connectivity index (χ2v) is 5.81. The number of H-pyrrole nitrogens is 1. The number of aromatic amines is 1. The van der Waals surface area contributed by atoms with Crippen molar-refractivity contribution in [2.24, 2.45) is 7.05 Å². The Morgan fingerprint density at radius 1 is 1.39 bits per heavy atom. The number of fused-ring (bicyclic) bond motifs is 1. The first-order valence-electron chi connectivity index (χ1n) is 7.86. The van der Waals surface area contributed by atoms with E-state index in [-0.39, 0.29) is 6.61 Å². The first-order chi connectivity index (χ1) is 11.1. The Morgan fingerprint density at radius 3 is 3.04 bits per heavy atom. The van der Waals surface area contributed by atoms with Gasteiger partial charge >= 0.3 is 0 Å². The highest BCUT2D eigenvalue weighted by Gasteiger charge is 2.11. The highest BCUT2D eigenvalue weighted by molar-refractivity contribution is 5.87. The number of aromatic nitrogens is 4. The molecule has 3 rings (SSSR count). The van der Waals surface area contributed by atoms with Gasteiger partial charge in [0.15, 0.2) is 0 Å². The molecule has 0 saturated carbocycles. The van der Waals surface area contributed by atoms with Gasteiger partial charge in [0.05, 0.1) is 17.0 Å². The second-order valence-electron chi connectivity index (χ2n) is 5.81. The largest absolute Gasteiger partial charge is 0.490 e. The molecule has 23 heavy (non-hydrogen) atoms. The van der Waals surface area contributed by atoms with Crippen LogP contribution in [0.5, 0.6) is 5.75 Å². The van der Waals surface area contributed by atoms with E-state index in [1.54, 1.807) is 6.20 Å². The number of hydrogen-bond donors (Lipinski definition) is 2. The van der Waals surface area contributed by atoms with Crippen LogP contribution in [0.3, 0.4) is 0 Å². The predicted molar refractivity (Wildman–Crippen MR) is 88.5 cm³/mol. The van der Waals surface area contributed by atoms with Crippen molar-refractivity contribution >= 4 is 10.9 Å². The molecule has 1 atom stereocenters. The number of aliphatic hydroxyl groups excluding tert-OH is 1. The van der Waals surface area contributed by atoms with Crippen molar-refractivity contribution in [3.63, 3.8) is 0 Å². The number of hydrogen-bond acceptors (Lipinski definition) is 4. The Morgan fingerprint density at radius 2 is 2.26 bits per heavy atom. The summed E-state index contributed by atoms with van der Waals surface area (Å²) in [7, 11) is 1.98. The maximum Gasteiger partial charge on any atom is 0.130 e. The molecule has 0 aliphatic carbocycles. The van der Waals surface area contributed by atoms with Crippen molar-refractivity contribution in [2.45, 2.75) is 32.3 Å². The Kier molecular flexibility index (Phi) is 4.62. The fraction of sp³-hybridized carbons (Fsp3) is 0.412. The van der Waals surface area contributed by atoms with Gasteiger partial charge in [-0.25, -0.2) is 4.98 Å². The zero-order chi connectivity index (χ0) is 16.2. The SMILES string of the molecule is Cc1[nH]nc2cccc(OC[C@@H](O)CCCc3nccn3C)c12. The molecule has 6 heteroatoms. The molecule has 2 heterocycles. The van der Waals surface area contributed by atoms with E-state index in [2.05, 4.69) is 15.2 Å². The molecule has 0 saturated heterocycles. The molecule has 2 N–H and O–H groups in total. The maximum atomic E-state index is 10.1. The van der Waals surface area contributed by atoms with E-state index in [0.717, 1.165) is 41.0 Å². The van der Waals surface area contributed by atoms with E-state index in [0.29, 0.717) is 6.42 Å². The highest BCUT2D eigenvalue weighted by atomic mass is 16.5. The molecule has 0 spiro atoms. The minimum Gasteiger partial charge on any atom is -0.490 e. The minimum atomic E-state index is -0.488. The summed E-state index contributed by atoms with van der Waals surface area (Å²) >= 11 is 0. The van der Waals surface area contributed by atoms with Crippen molar-refractivity contribution < 1.29 is 9.84 Å². The lowest BCUT2D eigenvalue weighted by Gasteiger charge is -2.13. The van der Waals surface area contributed by atoms with Gasteiger partial charge in [-0.1, -0.05) is 6.07 Å². The van der Waals surface area contributed by atoms with Crippen LogP contribution in [0, 0.1) is 6.92 Å². The molecule has 0 bridgehead atoms. The smallest absolute Gasteiger partial charge is 0.130 e. The minimum absolute atomic E-state index is 0.282. The number of rotatable bonds is 7. The van der Waals surface area contributed by atoms with Gasteiger partial charge in [0.25, 0.3) is 0 Å². The molecular weight excluding hydrogens is 292 g/mol. The van der Waals surface area contributed by atoms with Crippen LogP contribution in [0.25, 0.3) is 10.9 Å². The lowest BCUT2D eigenvalue weighted by Crippen LogP contribution is -2.18. The normalized spacial score (nSPS) is 12.7. The summed E-state index contributed by atoms with van der Waals surface area (Å²) in [5.74, 6) is 1.80. The van der Waals surface area contributed by atoms with Crippen LogP contribution >= 0.6 is 0 Å². The molecule has 0 unspecified atom stereocenters. The summed E-state index contributed by atoms with van der Waals surface area (Å²) in [5, 5.41) is 18.3. The van der Waals surface area contributed by atoms with Crippen molar-refractivity contribution in [2.75, 3.05) is 6.61 Å². The molecule has 0 amide bonds. The summed E-state index contributed by atoms with van der Waals surface area (Å²) in [6.45, 7) is 2.25. The summed E-state index contributed by atoms with van der Waals surface area (Å²) in [5.41, 5.74) is 1.85. The van der Waals surface area contributed by atoms with E-state index >= 15 is 0 Å². The molecule has 6 nitrogen and oxygen atoms in total. The first-order valence-corrected chi connectivity index (χ1v) is 7.86. The zero-order valence-corrected chi connectivity index (χ0v) is 13.5. The fourth-order valence-corrected chi connectivity index (χ4v) is 2.71. The molecule has 0 radical (unpaired) electrons. The van der Waals surface area contributed by atoms with Gasteiger partial charge in [-0.05, 0) is 31.9 Å². The second kappa shape index (κ2) is 6.83. The van der Waals surface area contributed by atoms with Gasteiger partial charge in [0.1, 0.15) is 18.2 Å². The van der Waals surface area contributed by atoms with Crippen LogP contribution in [0.1, 0.15) is 24.4 Å². The van der Waals surface area contributed by atoms with Crippen LogP contribution < -0.4 is 4.74 Å². The third-order valence-electron chi connectivity index (χ3n) is 4.01. The number of nitrogens with one attached hydrogen (secondary N) is 1. The Bertz CT molecular complexity index is 778. The van der Waals surface area contributed by atoms with Gasteiger partial charge in [-0.3, -0.25) is 5.10 Å². The fourth-order valence-electron chi connectivity index (χ4n) is 2.71. The summed E-state index contributed by atoms with van der Waals surface area (Å²) in [6, 6.07) is 5.76. The van der Waals surface area contributed by atoms with E-state index in [1.165, 1.54) is 0 Å². The average Bonchev–Trinajstić information content (AvgIpc) is 3.12. The highest BCUT2D eigenvalue weighted by Crippen LogP contribution is 2.26. The average molecular weight is 314 g/mol. The molecule has 122 valence electrons. The zero-order valence-electron chi connectivity index (χ0n) is 13.5. The number of imidazole rings is 1. The van der Waals surface area contributed by atoms with Crippen LogP contribution in [-0.2, 0) is 13.5 Å². The van der Waals surface area contributed by atoms with E-state index in [9.17, 15) is 5.11 Å². The van der Waals surface area contributed by atoms with Gasteiger partial charge in [0, 0.05) is 31.6 Å². The number of nitrogens with zero attached hydrogens (tertiary/aromatic N) is 3. The summed E-state index contributed by atoms with van der Waals surface area (Å²) in [6.07, 6.45) is 5.66. The monoisotopic (exact) mass is 314 g/mol. The van der Waals surface area contributed by atoms with E-state index in [1.807, 2.05) is 42.9 Å². The lowest BCUT2D eigenvalue weighted by molar-refractivity contribution is 0.0988. The van der Waals surface area contributed by atoms with Crippen LogP contribution in [0.15, 0.2) is 30.6 Å². The van der Waals surface area contributed by atoms with Gasteiger partial charge < -0.3 is 14.4 Å². The van der Waals surface area contributed by atoms with Gasteiger partial charge in [-0.15, -0.1) is 0 Å². The molecular formula is C17H22N4O2. The van der Waals surface area contributed by atoms with Gasteiger partial charge in [-0.2, -0.15) is 5.10 Å². The van der Waals surface area contributed by atoms with E-state index in [4.69, 9.17) is 4.74 Å². The quantitative estimate of drug-likeness (QED) is 0.702. The van der Waals surface area contributed by atoms with Crippen molar-refractivity contribution in [3.05, 3.63) is 42.1 Å². The Hall–Kier alpha value is -2.34. The molecule has 0 aliphatic heterocycles. The maximum absolute atomic E-state index is 10.1. The van der Waals surface area contributed by atoms with Crippen molar-refractivity contribution in [1.29, 1.82) is 0 Å². The molecule has 2 aromatic heterocycles. The van der Waals surface area contributed by atoms with Crippen LogP contribution in [-0.4, -0.2) is 37.6 Å². The molecule has 3 aromatic rings. The van der Waals surface area contributed by atoms with E-state index < -0.39 is 6.10 Å². The molecule has 0 fully saturated rings. The number of benzene rings is 1. The van der Waals surface area contributed by atoms with Gasteiger partial charge in [0.2, 0.25) is 0 Å². The first kappa shape index (κ1) is 15.6. The van der Waals surface area contributed by atoms with Crippen LogP contribution in [0.4, 0.5) is 0 Å². The standard InChI is InChI=1S/C17H22N4O2/c1-12-17-14(20-19-12)6-4-7-15(17)23-11-13(22)5-3-8-16-18-9-10-21(16)2/h4,6-7,9-10,13,22H,3,5,8,11H2,1-2H3,(H,19,20)/t13-/m0/s1. The number of aryl methyl sites for hydroxylation is 3. The molecule has 1 aromatic carbocycles. The lowest BCUT2D eigenvalue weighted by atomic mass is 10.1. The third kappa shape index (κ3) is 3.53. The topological polar surface area (TPSA) is 76.0 Å². The third-order valence-corrected chi connectivity index (χ3v) is 4.01. The van der Waals surface area contributed by atoms with Crippen LogP contribution in [0.2, 0.25) is 0 Å². The summed E-state index contributed by atoms with van der Waals surface area (Å²) in [4.78, 5) is 4.28. The molecule has 0 aliphatic rings. The van der Waals surface area contributed by atoms with Crippen molar-refractivity contribution in [1.82, 2.24) is 19.7 Å². The predicted octanol–water partition coefficient (Wildman–Crippen LogP) is 2.37. The number of aliphatic hydroxyl groups is 1. The number of ether oxygens (including phenoxy) is 1. The summed E-state index contributed by atoms with van der Waals surface area (Å²) < 4.78 is 7.81. The Labute approximate surface area is 135 Å². The van der Waals surface area contributed by atoms with Crippen molar-refractivity contribution in [3.8, 4) is 5.75 Å². The Balaban J connectivity index is 1.51.